The third-order valence-electron chi connectivity index (χ3n) is 4.86. The highest BCUT2D eigenvalue weighted by Gasteiger charge is 2.31. The molecule has 3 rings (SSSR count). The molecule has 0 saturated heterocycles. The van der Waals surface area contributed by atoms with Gasteiger partial charge in [0.25, 0.3) is 11.8 Å². The average molecular weight is 459 g/mol. The van der Waals surface area contributed by atoms with Gasteiger partial charge in [0.2, 0.25) is 5.82 Å². The lowest BCUT2D eigenvalue weighted by Crippen LogP contribution is -2.39. The maximum atomic E-state index is 13.3. The molecule has 2 aromatic carbocycles. The van der Waals surface area contributed by atoms with Crippen molar-refractivity contribution in [3.05, 3.63) is 70.5 Å². The van der Waals surface area contributed by atoms with Crippen LogP contribution < -0.4 is 15.8 Å². The number of nitrogens with zero attached hydrogens (tertiary/aromatic N) is 2. The summed E-state index contributed by atoms with van der Waals surface area (Å²) in [6.45, 7) is 0. The molecular formula is C22H26N4O5S. The number of aromatic amines is 1. The fourth-order valence-corrected chi connectivity index (χ4v) is 4.05. The number of anilines is 1. The van der Waals surface area contributed by atoms with Crippen LogP contribution in [0.5, 0.6) is 5.75 Å². The zero-order valence-electron chi connectivity index (χ0n) is 18.5. The first-order chi connectivity index (χ1) is 15.1. The largest absolute Gasteiger partial charge is 0.497 e. The number of ether oxygens (including phenoxy) is 1. The number of carbonyl (C=O) groups is 2. The van der Waals surface area contributed by atoms with Gasteiger partial charge in [-0.2, -0.15) is 0 Å². The topological polar surface area (TPSA) is 118 Å². The molecule has 0 fully saturated rings. The van der Waals surface area contributed by atoms with E-state index in [0.29, 0.717) is 17.0 Å². The minimum Gasteiger partial charge on any atom is -0.497 e. The Bertz CT molecular complexity index is 1150. The molecule has 32 heavy (non-hydrogen) atoms. The number of hydrogen-bond donors (Lipinski definition) is 2. The first-order valence-corrected chi connectivity index (χ1v) is 12.5. The number of rotatable bonds is 7. The molecule has 2 N–H and O–H groups in total. The van der Waals surface area contributed by atoms with Gasteiger partial charge in [-0.05, 0) is 70.8 Å². The van der Waals surface area contributed by atoms with Crippen LogP contribution in [0.3, 0.4) is 0 Å². The Balaban J connectivity index is 1.91. The first kappa shape index (κ1) is 23.1. The molecule has 0 saturated carbocycles. The summed E-state index contributed by atoms with van der Waals surface area (Å²) in [5.74, 6) is -1.62. The minimum atomic E-state index is -0.999. The van der Waals surface area contributed by atoms with Crippen molar-refractivity contribution in [3.8, 4) is 5.75 Å². The van der Waals surface area contributed by atoms with Gasteiger partial charge < -0.3 is 15.0 Å². The number of methoxy groups -OCH3 is 1. The molecule has 0 spiro atoms. The fourth-order valence-electron chi connectivity index (χ4n) is 3.10. The number of H-pyrrole nitrogens is 1. The zero-order chi connectivity index (χ0) is 23.5. The van der Waals surface area contributed by atoms with Gasteiger partial charge in [-0.3, -0.25) is 19.1 Å². The number of amides is 2. The van der Waals surface area contributed by atoms with Crippen LogP contribution in [-0.4, -0.2) is 59.8 Å². The van der Waals surface area contributed by atoms with Gasteiger partial charge in [0.05, 0.1) is 7.11 Å². The maximum Gasteiger partial charge on any atom is 0.439 e. The van der Waals surface area contributed by atoms with Gasteiger partial charge in [0.1, 0.15) is 11.8 Å². The molecule has 0 bridgehead atoms. The number of aromatic nitrogens is 2. The summed E-state index contributed by atoms with van der Waals surface area (Å²) >= 11 is 0. The normalized spacial score (nSPS) is 12.7. The molecule has 1 atom stereocenters. The summed E-state index contributed by atoms with van der Waals surface area (Å²) in [5, 5.41) is 6.30. The fraction of sp³-hybridized carbons (Fsp3) is 0.273. The third kappa shape index (κ3) is 5.20. The molecule has 1 unspecified atom stereocenters. The number of hydrogen-bond acceptors (Lipinski definition) is 6. The molecular weight excluding hydrogens is 432 g/mol. The van der Waals surface area contributed by atoms with Gasteiger partial charge in [-0.15, -0.1) is 0 Å². The van der Waals surface area contributed by atoms with E-state index >= 15 is 0 Å². The summed E-state index contributed by atoms with van der Waals surface area (Å²) in [6, 6.07) is 13.5. The van der Waals surface area contributed by atoms with Crippen molar-refractivity contribution in [3.63, 3.8) is 0 Å². The van der Waals surface area contributed by atoms with E-state index in [4.69, 9.17) is 4.74 Å². The van der Waals surface area contributed by atoms with Gasteiger partial charge in [-0.1, -0.05) is 12.1 Å². The Morgan fingerprint density at radius 3 is 2.22 bits per heavy atom. The highest BCUT2D eigenvalue weighted by Crippen LogP contribution is 2.45. The molecule has 1 aromatic heterocycles. The molecule has 0 aliphatic heterocycles. The number of carbonyl (C=O) groups excluding carboxylic acids is 2. The van der Waals surface area contributed by atoms with E-state index in [0.717, 1.165) is 0 Å². The van der Waals surface area contributed by atoms with E-state index in [1.165, 1.54) is 16.8 Å². The van der Waals surface area contributed by atoms with Crippen molar-refractivity contribution in [2.24, 2.45) is 0 Å². The van der Waals surface area contributed by atoms with Crippen LogP contribution in [0.1, 0.15) is 22.2 Å². The highest BCUT2D eigenvalue weighted by atomic mass is 32.3. The van der Waals surface area contributed by atoms with Crippen molar-refractivity contribution in [1.82, 2.24) is 15.0 Å². The summed E-state index contributed by atoms with van der Waals surface area (Å²) < 4.78 is 9.60. The van der Waals surface area contributed by atoms with E-state index in [-0.39, 0.29) is 5.82 Å². The quantitative estimate of drug-likeness (QED) is 0.562. The third-order valence-corrected chi connectivity index (χ3v) is 6.55. The van der Waals surface area contributed by atoms with Crippen molar-refractivity contribution < 1.29 is 18.8 Å². The molecule has 0 radical (unpaired) electrons. The highest BCUT2D eigenvalue weighted by molar-refractivity contribution is 8.32. The van der Waals surface area contributed by atoms with Crippen LogP contribution in [0.25, 0.3) is 0 Å². The number of benzene rings is 2. The zero-order valence-corrected chi connectivity index (χ0v) is 19.4. The van der Waals surface area contributed by atoms with Gasteiger partial charge >= 0.3 is 5.76 Å². The summed E-state index contributed by atoms with van der Waals surface area (Å²) in [7, 11) is 2.11. The van der Waals surface area contributed by atoms with Crippen molar-refractivity contribution in [2.45, 2.75) is 10.9 Å². The second-order valence-electron chi connectivity index (χ2n) is 7.89. The monoisotopic (exact) mass is 458 g/mol. The van der Waals surface area contributed by atoms with Crippen LogP contribution in [0.15, 0.2) is 62.7 Å². The van der Waals surface area contributed by atoms with Crippen LogP contribution in [0, 0.1) is 0 Å². The van der Waals surface area contributed by atoms with E-state index in [1.807, 2.05) is 24.3 Å². The van der Waals surface area contributed by atoms with Gasteiger partial charge in [-0.25, -0.2) is 14.8 Å². The molecule has 1 heterocycles. The second kappa shape index (κ2) is 9.31. The minimum absolute atomic E-state index is 0.290. The summed E-state index contributed by atoms with van der Waals surface area (Å²) in [5.41, 5.74) is 1.16. The summed E-state index contributed by atoms with van der Waals surface area (Å²) in [4.78, 5) is 42.0. The van der Waals surface area contributed by atoms with Crippen LogP contribution in [0.4, 0.5) is 5.69 Å². The predicted molar refractivity (Wildman–Crippen MR) is 124 cm³/mol. The molecule has 0 aliphatic rings. The molecule has 9 nitrogen and oxygen atoms in total. The molecule has 3 aromatic rings. The Kier molecular flexibility index (Phi) is 6.73. The number of likely N-dealkylation sites (N-methyl/N-ethyl adjacent to an activating group) is 1. The predicted octanol–water partition coefficient (Wildman–Crippen LogP) is 2.88. The lowest BCUT2D eigenvalue weighted by Gasteiger charge is -2.28. The van der Waals surface area contributed by atoms with E-state index in [9.17, 15) is 14.4 Å². The Labute approximate surface area is 187 Å². The molecule has 10 heteroatoms. The van der Waals surface area contributed by atoms with E-state index < -0.39 is 33.6 Å². The first-order valence-electron chi connectivity index (χ1n) is 9.66. The Morgan fingerprint density at radius 1 is 1.09 bits per heavy atom. The summed E-state index contributed by atoms with van der Waals surface area (Å²) in [6.07, 6.45) is 6.57. The van der Waals surface area contributed by atoms with E-state index in [2.05, 4.69) is 38.7 Å². The average Bonchev–Trinajstić information content (AvgIpc) is 3.19. The smallest absolute Gasteiger partial charge is 0.439 e. The van der Waals surface area contributed by atoms with Crippen molar-refractivity contribution >= 4 is 27.5 Å². The van der Waals surface area contributed by atoms with Crippen LogP contribution in [-0.2, 0) is 4.79 Å². The van der Waals surface area contributed by atoms with Crippen molar-refractivity contribution in [2.75, 3.05) is 38.2 Å². The SMILES string of the molecule is COc1ccc(C(C(=O)Nc2ccc(S(C)(C)C)cc2)N(C)C(=O)c2noc(=O)[nH]2)cc1. The van der Waals surface area contributed by atoms with Crippen LogP contribution >= 0.6 is 10.0 Å². The maximum absolute atomic E-state index is 13.3. The van der Waals surface area contributed by atoms with E-state index in [1.54, 1.807) is 31.4 Å². The lowest BCUT2D eigenvalue weighted by molar-refractivity contribution is -0.120. The molecule has 170 valence electrons. The molecule has 0 aliphatic carbocycles. The Morgan fingerprint density at radius 2 is 1.72 bits per heavy atom. The van der Waals surface area contributed by atoms with Crippen LogP contribution in [0.2, 0.25) is 0 Å². The Hall–Kier alpha value is -3.53. The van der Waals surface area contributed by atoms with Gasteiger partial charge in [0.15, 0.2) is 0 Å². The lowest BCUT2D eigenvalue weighted by atomic mass is 10.0. The second-order valence-corrected chi connectivity index (χ2v) is 12.0. The van der Waals surface area contributed by atoms with Gasteiger partial charge in [0, 0.05) is 12.7 Å². The number of nitrogens with one attached hydrogen (secondary N) is 2. The van der Waals surface area contributed by atoms with Crippen molar-refractivity contribution in [1.29, 1.82) is 0 Å². The standard InChI is InChI=1S/C22H26N4O5S/c1-26(21(28)19-24-22(29)31-25-19)18(14-6-10-16(30-2)11-7-14)20(27)23-15-8-12-17(13-9-15)32(3,4)5/h6-13,18H,1-5H3,(H,23,27)(H,24,25,29). The molecule has 2 amide bonds.